The monoisotopic (exact) mass is 649 g/mol. The topological polar surface area (TPSA) is 14.8 Å². The predicted octanol–water partition coefficient (Wildman–Crippen LogP) is 12.6. The van der Waals surface area contributed by atoms with Crippen molar-refractivity contribution < 1.29 is 0 Å². The Morgan fingerprint density at radius 3 is 0.980 bits per heavy atom. The Hall–Kier alpha value is -6.84. The first-order chi connectivity index (χ1) is 25.3. The fourth-order valence-corrected chi connectivity index (χ4v) is 8.46. The fraction of sp³-hybridized carbons (Fsp3) is 0. The number of para-hydroxylation sites is 4. The highest BCUT2D eigenvalue weighted by molar-refractivity contribution is 6.29. The number of fused-ring (bicyclic) bond motifs is 10. The lowest BCUT2D eigenvalue weighted by Gasteiger charge is -2.12. The number of aromatic nitrogens is 3. The predicted molar refractivity (Wildman–Crippen MR) is 215 cm³/mol. The highest BCUT2D eigenvalue weighted by Crippen LogP contribution is 2.42. The van der Waals surface area contributed by atoms with Crippen molar-refractivity contribution in [1.29, 1.82) is 0 Å². The molecule has 0 amide bonds. The van der Waals surface area contributed by atoms with Crippen molar-refractivity contribution in [2.75, 3.05) is 0 Å². The van der Waals surface area contributed by atoms with Crippen LogP contribution in [0.4, 0.5) is 0 Å². The van der Waals surface area contributed by atoms with Gasteiger partial charge in [0, 0.05) is 49.4 Å². The van der Waals surface area contributed by atoms with Gasteiger partial charge in [-0.2, -0.15) is 0 Å². The van der Waals surface area contributed by atoms with Crippen LogP contribution in [-0.2, 0) is 0 Å². The van der Waals surface area contributed by atoms with Crippen molar-refractivity contribution in [2.45, 2.75) is 0 Å². The van der Waals surface area contributed by atoms with Gasteiger partial charge in [-0.05, 0) is 83.9 Å². The molecule has 3 heteroatoms. The molecule has 0 N–H and O–H groups in total. The Kier molecular flexibility index (Phi) is 5.96. The van der Waals surface area contributed by atoms with E-state index in [1.807, 2.05) is 0 Å². The summed E-state index contributed by atoms with van der Waals surface area (Å²) in [5.74, 6) is 0. The van der Waals surface area contributed by atoms with E-state index in [0.717, 1.165) is 17.1 Å². The molecule has 0 saturated heterocycles. The largest absolute Gasteiger partial charge is 0.309 e. The van der Waals surface area contributed by atoms with Gasteiger partial charge in [0.05, 0.1) is 33.1 Å². The highest BCUT2D eigenvalue weighted by Gasteiger charge is 2.20. The van der Waals surface area contributed by atoms with E-state index in [1.165, 1.54) is 76.5 Å². The van der Waals surface area contributed by atoms with Gasteiger partial charge in [0.25, 0.3) is 0 Å². The van der Waals surface area contributed by atoms with Gasteiger partial charge < -0.3 is 13.7 Å². The molecule has 0 aliphatic rings. The second-order valence-electron chi connectivity index (χ2n) is 13.4. The minimum absolute atomic E-state index is 1.14. The van der Waals surface area contributed by atoms with Gasteiger partial charge in [-0.15, -0.1) is 0 Å². The van der Waals surface area contributed by atoms with Gasteiger partial charge in [-0.1, -0.05) is 115 Å². The molecule has 238 valence electrons. The Labute approximate surface area is 294 Å². The van der Waals surface area contributed by atoms with Crippen LogP contribution < -0.4 is 0 Å². The highest BCUT2D eigenvalue weighted by atomic mass is 15.0. The molecule has 0 saturated carbocycles. The number of hydrogen-bond acceptors (Lipinski definition) is 0. The number of hydrogen-bond donors (Lipinski definition) is 0. The lowest BCUT2D eigenvalue weighted by molar-refractivity contribution is 1.14. The Morgan fingerprint density at radius 1 is 0.216 bits per heavy atom. The van der Waals surface area contributed by atoms with Gasteiger partial charge in [0.1, 0.15) is 0 Å². The van der Waals surface area contributed by atoms with E-state index in [9.17, 15) is 0 Å². The lowest BCUT2D eigenvalue weighted by Crippen LogP contribution is -1.97. The van der Waals surface area contributed by atoms with Crippen LogP contribution in [0.5, 0.6) is 0 Å². The molecule has 0 aliphatic carbocycles. The number of nitrogens with zero attached hydrogens (tertiary/aromatic N) is 3. The second kappa shape index (κ2) is 10.8. The average Bonchev–Trinajstić information content (AvgIpc) is 3.84. The molecule has 11 rings (SSSR count). The minimum atomic E-state index is 1.14. The zero-order valence-corrected chi connectivity index (χ0v) is 27.7. The van der Waals surface area contributed by atoms with Gasteiger partial charge >= 0.3 is 0 Å². The molecule has 0 spiro atoms. The summed E-state index contributed by atoms with van der Waals surface area (Å²) < 4.78 is 7.23. The van der Waals surface area contributed by atoms with Gasteiger partial charge in [-0.3, -0.25) is 0 Å². The molecular formula is C48H31N3. The maximum absolute atomic E-state index is 2.43. The summed E-state index contributed by atoms with van der Waals surface area (Å²) in [5.41, 5.74) is 13.2. The third kappa shape index (κ3) is 4.06. The van der Waals surface area contributed by atoms with Crippen LogP contribution in [0.25, 0.3) is 93.6 Å². The van der Waals surface area contributed by atoms with Crippen LogP contribution >= 0.6 is 0 Å². The molecule has 3 aromatic heterocycles. The first-order valence-electron chi connectivity index (χ1n) is 17.5. The van der Waals surface area contributed by atoms with E-state index in [-0.39, 0.29) is 0 Å². The Morgan fingerprint density at radius 2 is 0.529 bits per heavy atom. The summed E-state index contributed by atoms with van der Waals surface area (Å²) >= 11 is 0. The maximum Gasteiger partial charge on any atom is 0.0548 e. The van der Waals surface area contributed by atoms with Crippen molar-refractivity contribution in [1.82, 2.24) is 13.7 Å². The Balaban J connectivity index is 1.12. The number of benzene rings is 8. The lowest BCUT2D eigenvalue weighted by atomic mass is 10.1. The van der Waals surface area contributed by atoms with Crippen molar-refractivity contribution in [2.24, 2.45) is 0 Å². The first kappa shape index (κ1) is 28.0. The third-order valence-corrected chi connectivity index (χ3v) is 10.7. The molecule has 51 heavy (non-hydrogen) atoms. The second-order valence-corrected chi connectivity index (χ2v) is 13.4. The van der Waals surface area contributed by atoms with E-state index in [0.29, 0.717) is 0 Å². The molecule has 11 aromatic rings. The van der Waals surface area contributed by atoms with Crippen molar-refractivity contribution in [3.05, 3.63) is 188 Å². The summed E-state index contributed by atoms with van der Waals surface area (Å²) in [6, 6.07) is 68.3. The summed E-state index contributed by atoms with van der Waals surface area (Å²) in [7, 11) is 0. The smallest absolute Gasteiger partial charge is 0.0548 e. The van der Waals surface area contributed by atoms with Crippen molar-refractivity contribution in [3.63, 3.8) is 0 Å². The van der Waals surface area contributed by atoms with Crippen LogP contribution in [-0.4, -0.2) is 13.7 Å². The third-order valence-electron chi connectivity index (χ3n) is 10.7. The summed E-state index contributed by atoms with van der Waals surface area (Å²) in [5, 5.41) is 7.63. The zero-order chi connectivity index (χ0) is 33.5. The summed E-state index contributed by atoms with van der Waals surface area (Å²) in [6.45, 7) is 0. The quantitative estimate of drug-likeness (QED) is 0.180. The minimum Gasteiger partial charge on any atom is -0.309 e. The average molecular weight is 650 g/mol. The molecule has 8 aromatic carbocycles. The molecule has 0 bridgehead atoms. The maximum atomic E-state index is 2.43. The Bertz CT molecular complexity index is 3050. The zero-order valence-electron chi connectivity index (χ0n) is 27.7. The van der Waals surface area contributed by atoms with Crippen LogP contribution in [0.15, 0.2) is 188 Å². The van der Waals surface area contributed by atoms with Crippen molar-refractivity contribution in [3.8, 4) is 28.2 Å². The van der Waals surface area contributed by atoms with Crippen molar-refractivity contribution >= 4 is 65.4 Å². The molecule has 0 fully saturated rings. The molecular weight excluding hydrogens is 619 g/mol. The van der Waals surface area contributed by atoms with Crippen LogP contribution in [0, 0.1) is 0 Å². The molecule has 0 unspecified atom stereocenters. The SMILES string of the molecule is c1ccc(-c2ccc(-n3c4ccccc4c4c5c6ccccc6n(-c6ccc(-n7c8ccccc8c8ccccc87)cc6)c5ccc43)cc2)cc1. The van der Waals surface area contributed by atoms with E-state index in [1.54, 1.807) is 0 Å². The van der Waals surface area contributed by atoms with Crippen LogP contribution in [0.2, 0.25) is 0 Å². The molecule has 0 radical (unpaired) electrons. The van der Waals surface area contributed by atoms with E-state index < -0.39 is 0 Å². The first-order valence-corrected chi connectivity index (χ1v) is 17.5. The molecule has 0 aliphatic heterocycles. The van der Waals surface area contributed by atoms with E-state index >= 15 is 0 Å². The van der Waals surface area contributed by atoms with Gasteiger partial charge in [0.15, 0.2) is 0 Å². The van der Waals surface area contributed by atoms with Crippen LogP contribution in [0.1, 0.15) is 0 Å². The van der Waals surface area contributed by atoms with Gasteiger partial charge in [0.2, 0.25) is 0 Å². The normalized spacial score (nSPS) is 11.9. The molecule has 3 nitrogen and oxygen atoms in total. The summed E-state index contributed by atoms with van der Waals surface area (Å²) in [6.07, 6.45) is 0. The fourth-order valence-electron chi connectivity index (χ4n) is 8.46. The molecule has 3 heterocycles. The van der Waals surface area contributed by atoms with E-state index in [2.05, 4.69) is 202 Å². The molecule has 0 atom stereocenters. The number of rotatable bonds is 4. The standard InChI is InChI=1S/C48H31N3/c1-2-12-32(13-3-1)33-22-24-34(25-23-33)50-43-20-10-6-16-39(43)47-45(50)30-31-46-48(47)40-17-7-11-21-44(40)51(46)36-28-26-35(27-29-36)49-41-18-8-4-14-37(41)38-15-5-9-19-42(38)49/h1-31H. The van der Waals surface area contributed by atoms with Crippen LogP contribution in [0.3, 0.4) is 0 Å². The summed E-state index contributed by atoms with van der Waals surface area (Å²) in [4.78, 5) is 0. The van der Waals surface area contributed by atoms with E-state index in [4.69, 9.17) is 0 Å². The van der Waals surface area contributed by atoms with Gasteiger partial charge in [-0.25, -0.2) is 0 Å².